The number of hydrogen-bond acceptors (Lipinski definition) is 5. The van der Waals surface area contributed by atoms with Gasteiger partial charge in [-0.25, -0.2) is 0 Å². The first-order valence-electron chi connectivity index (χ1n) is 12.8. The van der Waals surface area contributed by atoms with Gasteiger partial charge in [-0.1, -0.05) is 48.5 Å². The molecule has 2 aliphatic rings. The predicted molar refractivity (Wildman–Crippen MR) is 150 cm³/mol. The second-order valence-electron chi connectivity index (χ2n) is 9.56. The SMILES string of the molecule is O=C1CCCc2cccc(c2)-c2cccc(c2)NC(=O)C2=NCNCc3ccc(cc32)-c2cncc(c2)N1. The van der Waals surface area contributed by atoms with Gasteiger partial charge in [-0.3, -0.25) is 24.9 Å². The zero-order chi connectivity index (χ0) is 25.9. The standard InChI is InChI=1S/C31H27N5O2/c37-29-9-2-5-20-4-1-6-21(12-20)22-7-3-8-26(13-22)36-31(38)30-28-15-23(10-11-24(28)16-33-19-34-30)25-14-27(35-29)18-32-17-25/h1,3-4,6-8,10-15,17-18,33H,2,5,9,16,19H2,(H,35,37)(H,36,38). The van der Waals surface area contributed by atoms with Gasteiger partial charge in [-0.15, -0.1) is 0 Å². The van der Waals surface area contributed by atoms with Crippen molar-refractivity contribution in [2.45, 2.75) is 25.8 Å². The van der Waals surface area contributed by atoms with Crippen LogP contribution in [0.5, 0.6) is 0 Å². The summed E-state index contributed by atoms with van der Waals surface area (Å²) in [6.45, 7) is 0.957. The smallest absolute Gasteiger partial charge is 0.274 e. The van der Waals surface area contributed by atoms with Gasteiger partial charge in [0.25, 0.3) is 5.91 Å². The molecular weight excluding hydrogens is 474 g/mol. The Hall–Kier alpha value is -4.62. The Morgan fingerprint density at radius 2 is 1.53 bits per heavy atom. The van der Waals surface area contributed by atoms with Gasteiger partial charge >= 0.3 is 0 Å². The van der Waals surface area contributed by atoms with Crippen LogP contribution >= 0.6 is 0 Å². The molecule has 0 atom stereocenters. The number of carbonyl (C=O) groups excluding carboxylic acids is 2. The number of benzene rings is 3. The molecule has 4 aromatic rings. The Morgan fingerprint density at radius 1 is 0.711 bits per heavy atom. The predicted octanol–water partition coefficient (Wildman–Crippen LogP) is 5.18. The van der Waals surface area contributed by atoms with E-state index in [0.717, 1.165) is 51.8 Å². The average Bonchev–Trinajstić information content (AvgIpc) is 3.15. The molecule has 6 rings (SSSR count). The number of hydrogen-bond donors (Lipinski definition) is 3. The second kappa shape index (κ2) is 10.4. The minimum absolute atomic E-state index is 0.0405. The number of fused-ring (bicyclic) bond motifs is 9. The molecule has 2 amide bonds. The van der Waals surface area contributed by atoms with E-state index in [1.165, 1.54) is 0 Å². The molecule has 0 aliphatic carbocycles. The van der Waals surface area contributed by atoms with Crippen LogP contribution in [-0.4, -0.2) is 29.2 Å². The Morgan fingerprint density at radius 3 is 2.45 bits per heavy atom. The molecule has 38 heavy (non-hydrogen) atoms. The third-order valence-electron chi connectivity index (χ3n) is 6.85. The molecule has 188 valence electrons. The van der Waals surface area contributed by atoms with Crippen molar-refractivity contribution in [1.29, 1.82) is 0 Å². The average molecular weight is 502 g/mol. The fraction of sp³-hybridized carbons (Fsp3) is 0.161. The van der Waals surface area contributed by atoms with Crippen LogP contribution in [-0.2, 0) is 22.6 Å². The molecule has 0 radical (unpaired) electrons. The number of aromatic nitrogens is 1. The minimum Gasteiger partial charge on any atom is -0.325 e. The molecule has 0 saturated heterocycles. The Labute approximate surface area is 221 Å². The number of anilines is 2. The first-order chi connectivity index (χ1) is 18.6. The van der Waals surface area contributed by atoms with E-state index in [-0.39, 0.29) is 11.8 Å². The zero-order valence-corrected chi connectivity index (χ0v) is 20.8. The molecular formula is C31H27N5O2. The maximum Gasteiger partial charge on any atom is 0.274 e. The lowest BCUT2D eigenvalue weighted by molar-refractivity contribution is -0.116. The largest absolute Gasteiger partial charge is 0.325 e. The van der Waals surface area contributed by atoms with E-state index in [1.54, 1.807) is 12.4 Å². The fourth-order valence-electron chi connectivity index (χ4n) is 4.95. The maximum atomic E-state index is 13.5. The monoisotopic (exact) mass is 501 g/mol. The summed E-state index contributed by atoms with van der Waals surface area (Å²) >= 11 is 0. The van der Waals surface area contributed by atoms with Gasteiger partial charge in [-0.2, -0.15) is 0 Å². The Kier molecular flexibility index (Phi) is 6.50. The summed E-state index contributed by atoms with van der Waals surface area (Å²) in [5, 5.41) is 9.31. The molecule has 7 heteroatoms. The third kappa shape index (κ3) is 5.10. The first kappa shape index (κ1) is 23.8. The van der Waals surface area contributed by atoms with Crippen LogP contribution in [0.3, 0.4) is 0 Å². The first-order valence-corrected chi connectivity index (χ1v) is 12.8. The highest BCUT2D eigenvalue weighted by molar-refractivity contribution is 6.49. The molecule has 8 bridgehead atoms. The number of amides is 2. The molecule has 0 fully saturated rings. The van der Waals surface area contributed by atoms with Crippen molar-refractivity contribution in [3.8, 4) is 22.3 Å². The van der Waals surface area contributed by atoms with Crippen molar-refractivity contribution in [3.05, 3.63) is 102 Å². The zero-order valence-electron chi connectivity index (χ0n) is 20.8. The van der Waals surface area contributed by atoms with Crippen molar-refractivity contribution in [3.63, 3.8) is 0 Å². The van der Waals surface area contributed by atoms with E-state index < -0.39 is 0 Å². The van der Waals surface area contributed by atoms with Gasteiger partial charge in [0.15, 0.2) is 0 Å². The number of pyridine rings is 1. The van der Waals surface area contributed by atoms with Crippen molar-refractivity contribution >= 4 is 28.9 Å². The summed E-state index contributed by atoms with van der Waals surface area (Å²) in [7, 11) is 0. The summed E-state index contributed by atoms with van der Waals surface area (Å²) in [5.74, 6) is -0.298. The van der Waals surface area contributed by atoms with Crippen molar-refractivity contribution in [2.75, 3.05) is 17.3 Å². The van der Waals surface area contributed by atoms with Crippen LogP contribution < -0.4 is 16.0 Å². The second-order valence-corrected chi connectivity index (χ2v) is 9.56. The number of aliphatic imine (C=N–C) groups is 1. The fourth-order valence-corrected chi connectivity index (χ4v) is 4.95. The highest BCUT2D eigenvalue weighted by Crippen LogP contribution is 2.28. The van der Waals surface area contributed by atoms with E-state index in [1.807, 2.05) is 54.6 Å². The van der Waals surface area contributed by atoms with Gasteiger partial charge in [0.05, 0.1) is 18.6 Å². The van der Waals surface area contributed by atoms with Gasteiger partial charge in [0, 0.05) is 36.0 Å². The number of rotatable bonds is 0. The molecule has 3 N–H and O–H groups in total. The van der Waals surface area contributed by atoms with E-state index in [4.69, 9.17) is 0 Å². The van der Waals surface area contributed by atoms with Crippen LogP contribution in [0.4, 0.5) is 11.4 Å². The summed E-state index contributed by atoms with van der Waals surface area (Å²) in [6.07, 6.45) is 5.35. The lowest BCUT2D eigenvalue weighted by Crippen LogP contribution is -2.24. The van der Waals surface area contributed by atoms with E-state index in [0.29, 0.717) is 36.7 Å². The lowest BCUT2D eigenvalue weighted by Gasteiger charge is -2.14. The van der Waals surface area contributed by atoms with Gasteiger partial charge in [0.1, 0.15) is 5.71 Å². The van der Waals surface area contributed by atoms with Crippen LogP contribution in [0.25, 0.3) is 22.3 Å². The van der Waals surface area contributed by atoms with Crippen molar-refractivity contribution in [2.24, 2.45) is 4.99 Å². The van der Waals surface area contributed by atoms with Crippen LogP contribution in [0.15, 0.2) is 90.2 Å². The molecule has 0 saturated carbocycles. The highest BCUT2D eigenvalue weighted by atomic mass is 16.2. The normalized spacial score (nSPS) is 15.4. The number of carbonyl (C=O) groups is 2. The molecule has 2 aliphatic heterocycles. The van der Waals surface area contributed by atoms with Crippen molar-refractivity contribution in [1.82, 2.24) is 10.3 Å². The van der Waals surface area contributed by atoms with Crippen molar-refractivity contribution < 1.29 is 9.59 Å². The molecule has 3 heterocycles. The molecule has 3 aromatic carbocycles. The summed E-state index contributed by atoms with van der Waals surface area (Å²) in [5.41, 5.74) is 8.47. The van der Waals surface area contributed by atoms with Crippen LogP contribution in [0.2, 0.25) is 0 Å². The Balaban J connectivity index is 1.44. The topological polar surface area (TPSA) is 95.5 Å². The van der Waals surface area contributed by atoms with E-state index in [9.17, 15) is 9.59 Å². The molecule has 7 nitrogen and oxygen atoms in total. The molecule has 0 spiro atoms. The van der Waals surface area contributed by atoms with E-state index >= 15 is 0 Å². The summed E-state index contributed by atoms with van der Waals surface area (Å²) in [6, 6.07) is 24.1. The third-order valence-corrected chi connectivity index (χ3v) is 6.85. The maximum absolute atomic E-state index is 13.5. The van der Waals surface area contributed by atoms with Crippen LogP contribution in [0, 0.1) is 0 Å². The van der Waals surface area contributed by atoms with Crippen LogP contribution in [0.1, 0.15) is 29.5 Å². The number of aryl methyl sites for hydroxylation is 1. The van der Waals surface area contributed by atoms with Gasteiger partial charge < -0.3 is 10.6 Å². The number of nitrogens with one attached hydrogen (secondary N) is 3. The number of nitrogens with zero attached hydrogens (tertiary/aromatic N) is 2. The van der Waals surface area contributed by atoms with Gasteiger partial charge in [0.2, 0.25) is 5.91 Å². The molecule has 1 aromatic heterocycles. The quantitative estimate of drug-likeness (QED) is 0.309. The highest BCUT2D eigenvalue weighted by Gasteiger charge is 2.21. The van der Waals surface area contributed by atoms with Gasteiger partial charge in [-0.05, 0) is 64.9 Å². The summed E-state index contributed by atoms with van der Waals surface area (Å²) in [4.78, 5) is 35.2. The Bertz CT molecular complexity index is 1580. The summed E-state index contributed by atoms with van der Waals surface area (Å²) < 4.78 is 0. The molecule has 0 unspecified atom stereocenters. The lowest BCUT2D eigenvalue weighted by atomic mass is 9.96. The minimum atomic E-state index is -0.258. The van der Waals surface area contributed by atoms with E-state index in [2.05, 4.69) is 44.1 Å².